The highest BCUT2D eigenvalue weighted by molar-refractivity contribution is 6.08. The predicted molar refractivity (Wildman–Crippen MR) is 122 cm³/mol. The maximum absolute atomic E-state index is 4.92. The van der Waals surface area contributed by atoms with E-state index in [0.717, 1.165) is 37.6 Å². The van der Waals surface area contributed by atoms with E-state index < -0.39 is 0 Å². The third-order valence-corrected chi connectivity index (χ3v) is 5.64. The Hall–Kier alpha value is -3.33. The highest BCUT2D eigenvalue weighted by atomic mass is 15.4. The number of anilines is 1. The molecular weight excluding hydrogens is 354 g/mol. The van der Waals surface area contributed by atoms with Crippen LogP contribution in [-0.4, -0.2) is 23.9 Å². The van der Waals surface area contributed by atoms with Crippen molar-refractivity contribution in [3.8, 4) is 11.1 Å². The Morgan fingerprint density at radius 2 is 1.41 bits per heavy atom. The zero-order valence-electron chi connectivity index (χ0n) is 16.8. The van der Waals surface area contributed by atoms with Gasteiger partial charge in [0.25, 0.3) is 0 Å². The molecule has 3 aromatic carbocycles. The zero-order valence-corrected chi connectivity index (χ0v) is 16.8. The molecule has 3 heteroatoms. The minimum atomic E-state index is 0.891. The Kier molecular flexibility index (Phi) is 4.65. The van der Waals surface area contributed by atoms with Gasteiger partial charge < -0.3 is 4.90 Å². The van der Waals surface area contributed by atoms with Gasteiger partial charge in [-0.3, -0.25) is 9.89 Å². The number of rotatable bonds is 3. The second-order valence-corrected chi connectivity index (χ2v) is 7.70. The van der Waals surface area contributed by atoms with Gasteiger partial charge >= 0.3 is 0 Å². The maximum atomic E-state index is 4.92. The summed E-state index contributed by atoms with van der Waals surface area (Å²) < 4.78 is 0. The van der Waals surface area contributed by atoms with Crippen molar-refractivity contribution < 1.29 is 0 Å². The molecule has 0 unspecified atom stereocenters. The Balaban J connectivity index is 1.52. The van der Waals surface area contributed by atoms with Crippen molar-refractivity contribution in [2.24, 2.45) is 4.99 Å². The fraction of sp³-hybridized carbons (Fsp3) is 0.192. The lowest BCUT2D eigenvalue weighted by molar-refractivity contribution is 0.565. The van der Waals surface area contributed by atoms with E-state index in [1.807, 2.05) is 0 Å². The first kappa shape index (κ1) is 17.7. The molecule has 0 saturated heterocycles. The van der Waals surface area contributed by atoms with Crippen LogP contribution in [0.15, 0.2) is 90.1 Å². The predicted octanol–water partition coefficient (Wildman–Crippen LogP) is 5.93. The molecule has 29 heavy (non-hydrogen) atoms. The summed E-state index contributed by atoms with van der Waals surface area (Å²) in [5.74, 6) is 1.05. The molecule has 2 aliphatic heterocycles. The number of guanidine groups is 1. The molecule has 5 rings (SSSR count). The average molecular weight is 380 g/mol. The summed E-state index contributed by atoms with van der Waals surface area (Å²) in [6.07, 6.45) is 4.54. The van der Waals surface area contributed by atoms with Gasteiger partial charge in [-0.15, -0.1) is 0 Å². The molecular formula is C26H25N3. The number of nitrogens with zero attached hydrogens (tertiary/aromatic N) is 3. The molecule has 3 aromatic rings. The topological polar surface area (TPSA) is 18.8 Å². The van der Waals surface area contributed by atoms with Gasteiger partial charge in [0.2, 0.25) is 5.96 Å². The van der Waals surface area contributed by atoms with Gasteiger partial charge in [0, 0.05) is 25.0 Å². The molecule has 144 valence electrons. The molecule has 0 amide bonds. The Morgan fingerprint density at radius 1 is 0.724 bits per heavy atom. The first-order valence-electron chi connectivity index (χ1n) is 10.4. The van der Waals surface area contributed by atoms with Crippen LogP contribution in [0.1, 0.15) is 24.0 Å². The molecule has 2 heterocycles. The van der Waals surface area contributed by atoms with Crippen LogP contribution < -0.4 is 4.90 Å². The van der Waals surface area contributed by atoms with Crippen molar-refractivity contribution in [3.05, 3.63) is 96.2 Å². The second kappa shape index (κ2) is 7.59. The van der Waals surface area contributed by atoms with Crippen molar-refractivity contribution in [2.75, 3.05) is 18.0 Å². The van der Waals surface area contributed by atoms with Crippen molar-refractivity contribution in [3.63, 3.8) is 0 Å². The van der Waals surface area contributed by atoms with E-state index in [4.69, 9.17) is 4.99 Å². The van der Waals surface area contributed by atoms with Gasteiger partial charge in [-0.1, -0.05) is 72.3 Å². The van der Waals surface area contributed by atoms with Crippen molar-refractivity contribution in [1.29, 1.82) is 0 Å². The third kappa shape index (κ3) is 3.44. The minimum absolute atomic E-state index is 0.891. The lowest BCUT2D eigenvalue weighted by Gasteiger charge is -2.24. The Morgan fingerprint density at radius 3 is 2.17 bits per heavy atom. The highest BCUT2D eigenvalue weighted by Gasteiger charge is 2.31. The van der Waals surface area contributed by atoms with Gasteiger partial charge in [-0.2, -0.15) is 0 Å². The van der Waals surface area contributed by atoms with Crippen molar-refractivity contribution in [1.82, 2.24) is 4.90 Å². The molecule has 2 aliphatic rings. The van der Waals surface area contributed by atoms with Crippen LogP contribution >= 0.6 is 0 Å². The number of hydrogen-bond acceptors (Lipinski definition) is 3. The summed E-state index contributed by atoms with van der Waals surface area (Å²) in [7, 11) is 0. The summed E-state index contributed by atoms with van der Waals surface area (Å²) in [6.45, 7) is 4.02. The van der Waals surface area contributed by atoms with E-state index in [0.29, 0.717) is 0 Å². The Bertz CT molecular complexity index is 1050. The highest BCUT2D eigenvalue weighted by Crippen LogP contribution is 2.33. The van der Waals surface area contributed by atoms with Crippen LogP contribution in [0.5, 0.6) is 0 Å². The molecule has 0 aromatic heterocycles. The van der Waals surface area contributed by atoms with Gasteiger partial charge in [0.15, 0.2) is 0 Å². The number of hydrogen-bond donors (Lipinski definition) is 0. The SMILES string of the molecule is Cc1ccc(N2C=C(c3ccc(-c4ccccc4)cc3)N3CCCCN=C32)cc1. The average Bonchev–Trinajstić information content (AvgIpc) is 2.96. The van der Waals surface area contributed by atoms with Crippen LogP contribution in [0.2, 0.25) is 0 Å². The molecule has 0 bridgehead atoms. The summed E-state index contributed by atoms with van der Waals surface area (Å²) in [6, 6.07) is 28.1. The van der Waals surface area contributed by atoms with Crippen LogP contribution in [0.3, 0.4) is 0 Å². The quantitative estimate of drug-likeness (QED) is 0.561. The number of aliphatic imine (C=N–C) groups is 1. The number of aryl methyl sites for hydroxylation is 1. The van der Waals surface area contributed by atoms with Crippen LogP contribution in [0.25, 0.3) is 16.8 Å². The minimum Gasteiger partial charge on any atom is -0.310 e. The maximum Gasteiger partial charge on any atom is 0.210 e. The number of benzene rings is 3. The fourth-order valence-corrected chi connectivity index (χ4v) is 4.02. The molecule has 0 spiro atoms. The number of fused-ring (bicyclic) bond motifs is 1. The monoisotopic (exact) mass is 379 g/mol. The molecule has 3 nitrogen and oxygen atoms in total. The van der Waals surface area contributed by atoms with E-state index in [-0.39, 0.29) is 0 Å². The molecule has 0 radical (unpaired) electrons. The molecule has 0 atom stereocenters. The second-order valence-electron chi connectivity index (χ2n) is 7.70. The van der Waals surface area contributed by atoms with E-state index in [9.17, 15) is 0 Å². The molecule has 0 fully saturated rings. The zero-order chi connectivity index (χ0) is 19.6. The largest absolute Gasteiger partial charge is 0.310 e. The normalized spacial score (nSPS) is 16.2. The van der Waals surface area contributed by atoms with E-state index in [1.165, 1.54) is 28.0 Å². The van der Waals surface area contributed by atoms with E-state index in [1.54, 1.807) is 0 Å². The molecule has 0 N–H and O–H groups in total. The van der Waals surface area contributed by atoms with Crippen LogP contribution in [0, 0.1) is 6.92 Å². The van der Waals surface area contributed by atoms with Gasteiger partial charge in [-0.25, -0.2) is 0 Å². The van der Waals surface area contributed by atoms with Crippen LogP contribution in [0.4, 0.5) is 5.69 Å². The first-order chi connectivity index (χ1) is 14.3. The smallest absolute Gasteiger partial charge is 0.210 e. The summed E-state index contributed by atoms with van der Waals surface area (Å²) >= 11 is 0. The standard InChI is InChI=1S/C26H25N3/c1-20-9-15-24(16-10-20)29-19-25(28-18-6-5-17-27-26(28)29)23-13-11-22(12-14-23)21-7-3-2-4-8-21/h2-4,7-16,19H,5-6,17-18H2,1H3. The lowest BCUT2D eigenvalue weighted by Crippen LogP contribution is -2.34. The first-order valence-corrected chi connectivity index (χ1v) is 10.4. The summed E-state index contributed by atoms with van der Waals surface area (Å²) in [5.41, 5.74) is 7.39. The van der Waals surface area contributed by atoms with Crippen molar-refractivity contribution in [2.45, 2.75) is 19.8 Å². The van der Waals surface area contributed by atoms with Gasteiger partial charge in [-0.05, 0) is 48.6 Å². The molecule has 0 aliphatic carbocycles. The Labute approximate surface area is 172 Å². The van der Waals surface area contributed by atoms with Gasteiger partial charge in [0.05, 0.1) is 5.70 Å². The van der Waals surface area contributed by atoms with E-state index >= 15 is 0 Å². The summed E-state index contributed by atoms with van der Waals surface area (Å²) in [4.78, 5) is 9.54. The van der Waals surface area contributed by atoms with Crippen LogP contribution in [-0.2, 0) is 0 Å². The lowest BCUT2D eigenvalue weighted by atomic mass is 10.0. The van der Waals surface area contributed by atoms with E-state index in [2.05, 4.69) is 102 Å². The van der Waals surface area contributed by atoms with Gasteiger partial charge in [0.1, 0.15) is 0 Å². The summed E-state index contributed by atoms with van der Waals surface area (Å²) in [5, 5.41) is 0. The fourth-order valence-electron chi connectivity index (χ4n) is 4.02. The third-order valence-electron chi connectivity index (χ3n) is 5.64. The van der Waals surface area contributed by atoms with Crippen molar-refractivity contribution >= 4 is 17.3 Å². The molecule has 0 saturated carbocycles.